The number of hydrogen-bond acceptors (Lipinski definition) is 5. The van der Waals surface area contributed by atoms with Crippen LogP contribution < -0.4 is 4.72 Å². The van der Waals surface area contributed by atoms with Crippen LogP contribution in [0.2, 0.25) is 0 Å². The highest BCUT2D eigenvalue weighted by molar-refractivity contribution is 9.10. The van der Waals surface area contributed by atoms with Gasteiger partial charge in [-0.3, -0.25) is 0 Å². The quantitative estimate of drug-likeness (QED) is 0.191. The lowest BCUT2D eigenvalue weighted by molar-refractivity contribution is -0.192. The average Bonchev–Trinajstić information content (AvgIpc) is 3.00. The van der Waals surface area contributed by atoms with E-state index in [0.717, 1.165) is 34.2 Å². The predicted molar refractivity (Wildman–Crippen MR) is 177 cm³/mol. The highest BCUT2D eigenvalue weighted by Gasteiger charge is 2.32. The Labute approximate surface area is 276 Å². The van der Waals surface area contributed by atoms with E-state index in [4.69, 9.17) is 18.9 Å². The second-order valence-electron chi connectivity index (χ2n) is 11.8. The minimum Gasteiger partial charge on any atom is -0.353 e. The highest BCUT2D eigenvalue weighted by Crippen LogP contribution is 2.33. The molecule has 3 aromatic rings. The van der Waals surface area contributed by atoms with E-state index in [1.165, 1.54) is 17.7 Å². The average molecular weight is 717 g/mol. The van der Waals surface area contributed by atoms with E-state index in [-0.39, 0.29) is 0 Å². The number of rotatable bonds is 12. The van der Waals surface area contributed by atoms with Gasteiger partial charge in [-0.05, 0) is 75.1 Å². The highest BCUT2D eigenvalue weighted by atomic mass is 79.9. The standard InChI is InChI=1S/C23H30F3NO3S.C11H15BrO2/c1-21(2,3)31(28)27-20(16-11-13-18(14-12-16)23(24,25)26)19-10-8-7-9-17(19)15-22(4,29-5)30-6;1-11(13-2,14-3)8-9-6-4-5-7-10(9)12/h7-14,20,27H,15H2,1-6H3;4-7H,8H2,1-3H3/t20-,31?;/m1./s1. The van der Waals surface area contributed by atoms with Crippen LogP contribution in [0.25, 0.3) is 0 Å². The minimum absolute atomic E-state index is 0.400. The number of alkyl halides is 3. The molecule has 0 heterocycles. The fourth-order valence-electron chi connectivity index (χ4n) is 4.23. The number of benzene rings is 3. The van der Waals surface area contributed by atoms with Crippen LogP contribution in [-0.4, -0.2) is 49.0 Å². The smallest absolute Gasteiger partial charge is 0.353 e. The molecule has 0 aliphatic heterocycles. The Balaban J connectivity index is 0.000000420. The third-order valence-electron chi connectivity index (χ3n) is 7.43. The maximum Gasteiger partial charge on any atom is 0.416 e. The van der Waals surface area contributed by atoms with E-state index >= 15 is 0 Å². The number of hydrogen-bond donors (Lipinski definition) is 1. The van der Waals surface area contributed by atoms with Crippen LogP contribution in [-0.2, 0) is 49.0 Å². The molecule has 45 heavy (non-hydrogen) atoms. The monoisotopic (exact) mass is 715 g/mol. The van der Waals surface area contributed by atoms with Crippen molar-refractivity contribution in [3.63, 3.8) is 0 Å². The Bertz CT molecular complexity index is 1370. The van der Waals surface area contributed by atoms with Gasteiger partial charge < -0.3 is 18.9 Å². The molecule has 2 atom stereocenters. The van der Waals surface area contributed by atoms with Gasteiger partial charge in [-0.15, -0.1) is 0 Å². The van der Waals surface area contributed by atoms with E-state index in [1.807, 2.05) is 70.2 Å². The van der Waals surface area contributed by atoms with Gasteiger partial charge in [-0.1, -0.05) is 70.5 Å². The number of nitrogens with one attached hydrogen (secondary N) is 1. The SMILES string of the molecule is COC(C)(Cc1ccccc1Br)OC.COC(C)(Cc1ccccc1[C@H](NS(=O)C(C)(C)C)c1ccc(C(F)(F)F)cc1)OC. The van der Waals surface area contributed by atoms with Crippen LogP contribution in [0.3, 0.4) is 0 Å². The summed E-state index contributed by atoms with van der Waals surface area (Å²) >= 11 is 3.50. The van der Waals surface area contributed by atoms with E-state index < -0.39 is 45.1 Å². The first kappa shape index (κ1) is 39.1. The Morgan fingerprint density at radius 3 is 1.60 bits per heavy atom. The summed E-state index contributed by atoms with van der Waals surface area (Å²) in [5.74, 6) is -1.44. The molecule has 250 valence electrons. The zero-order valence-corrected chi connectivity index (χ0v) is 29.8. The van der Waals surface area contributed by atoms with Crippen molar-refractivity contribution in [3.05, 3.63) is 105 Å². The van der Waals surface area contributed by atoms with Gasteiger partial charge in [0.15, 0.2) is 11.6 Å². The first-order valence-corrected chi connectivity index (χ1v) is 16.2. The molecule has 0 fully saturated rings. The summed E-state index contributed by atoms with van der Waals surface area (Å²) in [6, 6.07) is 19.9. The fourth-order valence-corrected chi connectivity index (χ4v) is 5.48. The van der Waals surface area contributed by atoms with E-state index in [2.05, 4.69) is 26.7 Å². The molecule has 6 nitrogen and oxygen atoms in total. The summed E-state index contributed by atoms with van der Waals surface area (Å²) in [7, 11) is 4.94. The second-order valence-corrected chi connectivity index (χ2v) is 14.6. The fraction of sp³-hybridized carbons (Fsp3) is 0.471. The molecule has 0 radical (unpaired) electrons. The van der Waals surface area contributed by atoms with Gasteiger partial charge in [0, 0.05) is 45.8 Å². The molecule has 11 heteroatoms. The van der Waals surface area contributed by atoms with Gasteiger partial charge in [0.2, 0.25) is 0 Å². The summed E-state index contributed by atoms with van der Waals surface area (Å²) in [5.41, 5.74) is 2.69. The number of methoxy groups -OCH3 is 4. The van der Waals surface area contributed by atoms with Gasteiger partial charge in [0.1, 0.15) is 0 Å². The van der Waals surface area contributed by atoms with Crippen molar-refractivity contribution in [1.29, 1.82) is 0 Å². The molecule has 0 aliphatic carbocycles. The molecule has 0 aromatic heterocycles. The maximum absolute atomic E-state index is 13.0. The van der Waals surface area contributed by atoms with Gasteiger partial charge in [0.25, 0.3) is 0 Å². The molecule has 3 rings (SSSR count). The van der Waals surface area contributed by atoms with E-state index in [9.17, 15) is 17.4 Å². The first-order chi connectivity index (χ1) is 20.9. The third kappa shape index (κ3) is 11.6. The van der Waals surface area contributed by atoms with Crippen LogP contribution in [0, 0.1) is 0 Å². The maximum atomic E-state index is 13.0. The van der Waals surface area contributed by atoms with Crippen LogP contribution in [0.4, 0.5) is 13.2 Å². The van der Waals surface area contributed by atoms with E-state index in [0.29, 0.717) is 12.0 Å². The molecule has 0 saturated carbocycles. The summed E-state index contributed by atoms with van der Waals surface area (Å²) in [4.78, 5) is 0. The molecule has 1 N–H and O–H groups in total. The molecular weight excluding hydrogens is 671 g/mol. The first-order valence-electron chi connectivity index (χ1n) is 14.3. The largest absolute Gasteiger partial charge is 0.416 e. The van der Waals surface area contributed by atoms with Crippen LogP contribution in [0.1, 0.15) is 68.5 Å². The Hall–Kier alpha value is -2.12. The zero-order chi connectivity index (χ0) is 34.1. The van der Waals surface area contributed by atoms with Crippen LogP contribution in [0.5, 0.6) is 0 Å². The van der Waals surface area contributed by atoms with E-state index in [1.54, 1.807) is 35.4 Å². The molecule has 0 bridgehead atoms. The van der Waals surface area contributed by atoms with Gasteiger partial charge in [-0.25, -0.2) is 8.93 Å². The van der Waals surface area contributed by atoms with Gasteiger partial charge in [-0.2, -0.15) is 13.2 Å². The molecule has 3 aromatic carbocycles. The number of halogens is 4. The second kappa shape index (κ2) is 16.6. The molecule has 0 spiro atoms. The normalized spacial score (nSPS) is 14.0. The Morgan fingerprint density at radius 2 is 1.16 bits per heavy atom. The minimum atomic E-state index is -4.42. The summed E-state index contributed by atoms with van der Waals surface area (Å²) in [6.45, 7) is 9.22. The summed E-state index contributed by atoms with van der Waals surface area (Å²) < 4.78 is 77.3. The van der Waals surface area contributed by atoms with Crippen LogP contribution in [0.15, 0.2) is 77.3 Å². The lowest BCUT2D eigenvalue weighted by atomic mass is 9.91. The molecule has 0 amide bonds. The van der Waals surface area contributed by atoms with Crippen molar-refractivity contribution in [2.45, 2.75) is 76.0 Å². The van der Waals surface area contributed by atoms with Crippen molar-refractivity contribution in [3.8, 4) is 0 Å². The van der Waals surface area contributed by atoms with Crippen LogP contribution >= 0.6 is 15.9 Å². The van der Waals surface area contributed by atoms with Crippen molar-refractivity contribution in [2.75, 3.05) is 28.4 Å². The topological polar surface area (TPSA) is 66.0 Å². The zero-order valence-electron chi connectivity index (χ0n) is 27.4. The van der Waals surface area contributed by atoms with Gasteiger partial charge in [0.05, 0.1) is 27.3 Å². The Kier molecular flexibility index (Phi) is 14.4. The predicted octanol–water partition coefficient (Wildman–Crippen LogP) is 8.40. The lowest BCUT2D eigenvalue weighted by Crippen LogP contribution is -2.37. The molecule has 1 unspecified atom stereocenters. The lowest BCUT2D eigenvalue weighted by Gasteiger charge is -2.30. The third-order valence-corrected chi connectivity index (χ3v) is 9.76. The molecular formula is C34H45BrF3NO5S. The molecule has 0 saturated heterocycles. The van der Waals surface area contributed by atoms with Crippen molar-refractivity contribution in [1.82, 2.24) is 4.72 Å². The van der Waals surface area contributed by atoms with Crippen molar-refractivity contribution >= 4 is 26.9 Å². The summed E-state index contributed by atoms with van der Waals surface area (Å²) in [6.07, 6.45) is -3.30. The Morgan fingerprint density at radius 1 is 0.711 bits per heavy atom. The molecule has 0 aliphatic rings. The number of ether oxygens (including phenoxy) is 4. The van der Waals surface area contributed by atoms with Crippen molar-refractivity contribution < 1.29 is 36.3 Å². The van der Waals surface area contributed by atoms with Crippen molar-refractivity contribution in [2.24, 2.45) is 0 Å². The summed E-state index contributed by atoms with van der Waals surface area (Å²) in [5, 5.41) is 0. The van der Waals surface area contributed by atoms with Gasteiger partial charge >= 0.3 is 6.18 Å².